The van der Waals surface area contributed by atoms with Gasteiger partial charge in [0.2, 0.25) is 0 Å². The monoisotopic (exact) mass is 476 g/mol. The van der Waals surface area contributed by atoms with Crippen LogP contribution in [0.4, 0.5) is 0 Å². The molecule has 8 atom stereocenters. The number of carbonyl (C=O) groups is 2. The molecule has 0 amide bonds. The zero-order chi connectivity index (χ0) is 24.8. The van der Waals surface area contributed by atoms with Gasteiger partial charge in [0.1, 0.15) is 6.10 Å². The third-order valence-electron chi connectivity index (χ3n) is 10.5. The first-order valence-corrected chi connectivity index (χ1v) is 13.6. The van der Waals surface area contributed by atoms with Crippen molar-refractivity contribution in [3.63, 3.8) is 0 Å². The number of fused-ring (bicyclic) bond motifs is 5. The number of hydrogen-bond acceptors (Lipinski definition) is 4. The predicted octanol–water partition coefficient (Wildman–Crippen LogP) is 6.31. The van der Waals surface area contributed by atoms with Crippen LogP contribution in [-0.4, -0.2) is 23.6 Å². The fourth-order valence-electron chi connectivity index (χ4n) is 8.79. The molecule has 0 saturated heterocycles. The SMILES string of the molecule is CC(=O)O[C@H]1CC[C@@H]2[C@H]3CC[C@H]4C[C@](C#Cc5ccccc5)(OC(C)=O)CC[C@]4(C)[C@H]3CC[C@]12C. The van der Waals surface area contributed by atoms with Crippen LogP contribution in [0.2, 0.25) is 0 Å². The van der Waals surface area contributed by atoms with Gasteiger partial charge in [-0.25, -0.2) is 0 Å². The highest BCUT2D eigenvalue weighted by Crippen LogP contribution is 2.67. The zero-order valence-electron chi connectivity index (χ0n) is 21.8. The summed E-state index contributed by atoms with van der Waals surface area (Å²) in [5.74, 6) is 8.91. The maximum atomic E-state index is 12.1. The first kappa shape index (κ1) is 24.4. The zero-order valence-corrected chi connectivity index (χ0v) is 21.8. The summed E-state index contributed by atoms with van der Waals surface area (Å²) in [5.41, 5.74) is 0.649. The molecule has 188 valence electrons. The molecule has 4 fully saturated rings. The van der Waals surface area contributed by atoms with Crippen LogP contribution in [0.3, 0.4) is 0 Å². The lowest BCUT2D eigenvalue weighted by atomic mass is 9.44. The predicted molar refractivity (Wildman–Crippen MR) is 135 cm³/mol. The molecular formula is C31H40O4. The number of rotatable bonds is 2. The van der Waals surface area contributed by atoms with E-state index >= 15 is 0 Å². The highest BCUT2D eigenvalue weighted by Gasteiger charge is 2.62. The molecule has 4 saturated carbocycles. The summed E-state index contributed by atoms with van der Waals surface area (Å²) in [7, 11) is 0. The Labute approximate surface area is 210 Å². The van der Waals surface area contributed by atoms with E-state index in [-0.39, 0.29) is 28.9 Å². The topological polar surface area (TPSA) is 52.6 Å². The molecule has 0 heterocycles. The van der Waals surface area contributed by atoms with Crippen LogP contribution in [0.5, 0.6) is 0 Å². The molecule has 0 aliphatic heterocycles. The summed E-state index contributed by atoms with van der Waals surface area (Å²) >= 11 is 0. The molecule has 0 spiro atoms. The lowest BCUT2D eigenvalue weighted by Gasteiger charge is -2.61. The van der Waals surface area contributed by atoms with E-state index in [2.05, 4.69) is 25.7 Å². The molecule has 4 aliphatic rings. The van der Waals surface area contributed by atoms with E-state index in [1.54, 1.807) is 6.92 Å². The maximum absolute atomic E-state index is 12.1. The smallest absolute Gasteiger partial charge is 0.304 e. The van der Waals surface area contributed by atoms with E-state index in [1.165, 1.54) is 32.6 Å². The average Bonchev–Trinajstić information content (AvgIpc) is 3.14. The highest BCUT2D eigenvalue weighted by atomic mass is 16.6. The van der Waals surface area contributed by atoms with E-state index in [0.717, 1.165) is 37.7 Å². The van der Waals surface area contributed by atoms with Gasteiger partial charge in [-0.05, 0) is 98.5 Å². The quantitative estimate of drug-likeness (QED) is 0.370. The van der Waals surface area contributed by atoms with Gasteiger partial charge in [-0.15, -0.1) is 0 Å². The molecule has 1 aromatic carbocycles. The fourth-order valence-corrected chi connectivity index (χ4v) is 8.79. The van der Waals surface area contributed by atoms with E-state index in [4.69, 9.17) is 9.47 Å². The lowest BCUT2D eigenvalue weighted by Crippen LogP contribution is -2.56. The van der Waals surface area contributed by atoms with E-state index in [9.17, 15) is 9.59 Å². The van der Waals surface area contributed by atoms with Gasteiger partial charge in [-0.3, -0.25) is 9.59 Å². The largest absolute Gasteiger partial charge is 0.462 e. The Bertz CT molecular complexity index is 1040. The molecule has 0 unspecified atom stereocenters. The second-order valence-electron chi connectivity index (χ2n) is 12.3. The third-order valence-corrected chi connectivity index (χ3v) is 10.5. The molecule has 35 heavy (non-hydrogen) atoms. The van der Waals surface area contributed by atoms with Crippen LogP contribution in [0, 0.1) is 46.3 Å². The van der Waals surface area contributed by atoms with Crippen molar-refractivity contribution in [1.29, 1.82) is 0 Å². The van der Waals surface area contributed by atoms with E-state index < -0.39 is 5.60 Å². The lowest BCUT2D eigenvalue weighted by molar-refractivity contribution is -0.175. The number of esters is 2. The Balaban J connectivity index is 1.38. The van der Waals surface area contributed by atoms with Gasteiger partial charge in [0.05, 0.1) is 0 Å². The maximum Gasteiger partial charge on any atom is 0.304 e. The summed E-state index contributed by atoms with van der Waals surface area (Å²) in [6.45, 7) is 7.96. The number of hydrogen-bond donors (Lipinski definition) is 0. The first-order valence-electron chi connectivity index (χ1n) is 13.6. The molecular weight excluding hydrogens is 436 g/mol. The molecule has 1 aromatic rings. The Hall–Kier alpha value is -2.28. The first-order chi connectivity index (χ1) is 16.7. The summed E-state index contributed by atoms with van der Waals surface area (Å²) in [6.07, 6.45) is 9.69. The summed E-state index contributed by atoms with van der Waals surface area (Å²) in [4.78, 5) is 23.9. The summed E-state index contributed by atoms with van der Waals surface area (Å²) < 4.78 is 11.8. The third kappa shape index (κ3) is 4.30. The second-order valence-corrected chi connectivity index (χ2v) is 12.3. The van der Waals surface area contributed by atoms with Gasteiger partial charge in [-0.1, -0.05) is 38.0 Å². The standard InChI is InChI=1S/C31H40O4/c1-21(32)34-28-13-12-26-25-11-10-24-20-31(35-22(2)33,17-14-23-8-6-5-7-9-23)19-18-29(24,3)27(25)15-16-30(26,28)4/h5-9,24-28H,10-13,15-16,18-20H2,1-4H3/t24-,25+,26+,27-,28-,29-,30-,31+/m0/s1. The number of ether oxygens (including phenoxy) is 2. The van der Waals surface area contributed by atoms with Crippen molar-refractivity contribution >= 4 is 11.9 Å². The van der Waals surface area contributed by atoms with Gasteiger partial charge in [0.15, 0.2) is 5.60 Å². The molecule has 5 rings (SSSR count). The molecule has 4 heteroatoms. The minimum absolute atomic E-state index is 0.0766. The minimum Gasteiger partial charge on any atom is -0.462 e. The Morgan fingerprint density at radius 3 is 2.31 bits per heavy atom. The second kappa shape index (κ2) is 8.99. The van der Waals surface area contributed by atoms with Crippen molar-refractivity contribution < 1.29 is 19.1 Å². The van der Waals surface area contributed by atoms with E-state index in [0.29, 0.717) is 23.7 Å². The van der Waals surface area contributed by atoms with Crippen LogP contribution >= 0.6 is 0 Å². The van der Waals surface area contributed by atoms with Crippen LogP contribution in [-0.2, 0) is 19.1 Å². The van der Waals surface area contributed by atoms with Crippen molar-refractivity contribution in [1.82, 2.24) is 0 Å². The Morgan fingerprint density at radius 2 is 1.60 bits per heavy atom. The highest BCUT2D eigenvalue weighted by molar-refractivity contribution is 5.67. The number of benzene rings is 1. The van der Waals surface area contributed by atoms with E-state index in [1.807, 2.05) is 30.3 Å². The average molecular weight is 477 g/mol. The van der Waals surface area contributed by atoms with Crippen molar-refractivity contribution in [2.45, 2.75) is 97.2 Å². The molecule has 4 aliphatic carbocycles. The van der Waals surface area contributed by atoms with Gasteiger partial charge in [0.25, 0.3) is 0 Å². The van der Waals surface area contributed by atoms with Crippen molar-refractivity contribution in [3.05, 3.63) is 35.9 Å². The summed E-state index contributed by atoms with van der Waals surface area (Å²) in [5, 5.41) is 0. The fraction of sp³-hybridized carbons (Fsp3) is 0.677. The Kier molecular flexibility index (Phi) is 6.27. The molecule has 0 aromatic heterocycles. The van der Waals surface area contributed by atoms with Crippen LogP contribution in [0.25, 0.3) is 0 Å². The molecule has 4 nitrogen and oxygen atoms in total. The van der Waals surface area contributed by atoms with Crippen molar-refractivity contribution in [3.8, 4) is 11.8 Å². The minimum atomic E-state index is -0.685. The summed E-state index contributed by atoms with van der Waals surface area (Å²) in [6, 6.07) is 10.00. The van der Waals surface area contributed by atoms with Gasteiger partial charge in [0, 0.05) is 31.2 Å². The van der Waals surface area contributed by atoms with Crippen molar-refractivity contribution in [2.75, 3.05) is 0 Å². The van der Waals surface area contributed by atoms with Gasteiger partial charge < -0.3 is 9.47 Å². The number of carbonyl (C=O) groups excluding carboxylic acids is 2. The molecule has 0 radical (unpaired) electrons. The molecule has 0 N–H and O–H groups in total. The van der Waals surface area contributed by atoms with Gasteiger partial charge >= 0.3 is 11.9 Å². The van der Waals surface area contributed by atoms with Crippen LogP contribution in [0.1, 0.15) is 91.0 Å². The molecule has 0 bridgehead atoms. The van der Waals surface area contributed by atoms with Crippen LogP contribution in [0.15, 0.2) is 30.3 Å². The van der Waals surface area contributed by atoms with Gasteiger partial charge in [-0.2, -0.15) is 0 Å². The normalized spacial score (nSPS) is 41.9. The Morgan fingerprint density at radius 1 is 0.857 bits per heavy atom. The van der Waals surface area contributed by atoms with Crippen molar-refractivity contribution in [2.24, 2.45) is 34.5 Å². The van der Waals surface area contributed by atoms with Crippen LogP contribution < -0.4 is 0 Å².